The Bertz CT molecular complexity index is 1020. The smallest absolute Gasteiger partial charge is 0.407 e. The maximum absolute atomic E-state index is 13.0. The average molecular weight is 548 g/mol. The van der Waals surface area contributed by atoms with Gasteiger partial charge in [0.05, 0.1) is 12.0 Å². The van der Waals surface area contributed by atoms with Crippen LogP contribution in [0.4, 0.5) is 4.79 Å². The Morgan fingerprint density at radius 3 is 2.34 bits per heavy atom. The quantitative estimate of drug-likeness (QED) is 0.216. The zero-order chi connectivity index (χ0) is 28.2. The van der Waals surface area contributed by atoms with Gasteiger partial charge >= 0.3 is 12.1 Å². The van der Waals surface area contributed by atoms with Crippen molar-refractivity contribution in [3.8, 4) is 11.1 Å². The second-order valence-corrected chi connectivity index (χ2v) is 11.1. The van der Waals surface area contributed by atoms with Crippen molar-refractivity contribution in [1.82, 2.24) is 5.32 Å². The van der Waals surface area contributed by atoms with Crippen LogP contribution in [-0.4, -0.2) is 55.2 Å². The zero-order valence-electron chi connectivity index (χ0n) is 23.2. The van der Waals surface area contributed by atoms with Crippen LogP contribution in [0.15, 0.2) is 48.5 Å². The van der Waals surface area contributed by atoms with Crippen molar-refractivity contribution in [2.75, 3.05) is 26.4 Å². The van der Waals surface area contributed by atoms with Gasteiger partial charge in [0.2, 0.25) is 0 Å². The van der Waals surface area contributed by atoms with E-state index in [2.05, 4.69) is 5.32 Å². The number of aliphatic hydroxyl groups is 1. The molecule has 8 heteroatoms. The summed E-state index contributed by atoms with van der Waals surface area (Å²) >= 11 is 6.15. The summed E-state index contributed by atoms with van der Waals surface area (Å²) in [6.45, 7) is 10.1. The van der Waals surface area contributed by atoms with Gasteiger partial charge in [-0.3, -0.25) is 4.79 Å². The molecule has 0 aliphatic carbocycles. The molecule has 0 aliphatic heterocycles. The number of hydrogen-bond donors (Lipinski definition) is 2. The zero-order valence-corrected chi connectivity index (χ0v) is 24.0. The maximum atomic E-state index is 13.0. The van der Waals surface area contributed by atoms with E-state index in [1.54, 1.807) is 6.92 Å². The van der Waals surface area contributed by atoms with E-state index in [0.717, 1.165) is 16.7 Å². The number of halogens is 1. The molecule has 2 aromatic rings. The Balaban J connectivity index is 2.24. The minimum Gasteiger partial charge on any atom is -0.466 e. The Morgan fingerprint density at radius 2 is 1.74 bits per heavy atom. The molecule has 0 unspecified atom stereocenters. The lowest BCUT2D eigenvalue weighted by Gasteiger charge is -2.32. The van der Waals surface area contributed by atoms with E-state index < -0.39 is 23.2 Å². The molecule has 0 aliphatic rings. The number of aliphatic hydroxyl groups excluding tert-OH is 1. The summed E-state index contributed by atoms with van der Waals surface area (Å²) < 4.78 is 16.5. The minimum absolute atomic E-state index is 0.0487. The fourth-order valence-electron chi connectivity index (χ4n) is 4.14. The van der Waals surface area contributed by atoms with Crippen LogP contribution in [0.25, 0.3) is 11.1 Å². The van der Waals surface area contributed by atoms with E-state index in [4.69, 9.17) is 30.9 Å². The summed E-state index contributed by atoms with van der Waals surface area (Å²) in [5.41, 5.74) is 1.50. The highest BCUT2D eigenvalue weighted by Crippen LogP contribution is 2.31. The number of benzene rings is 2. The topological polar surface area (TPSA) is 94.1 Å². The number of amides is 1. The van der Waals surface area contributed by atoms with Crippen LogP contribution in [0.3, 0.4) is 0 Å². The lowest BCUT2D eigenvalue weighted by atomic mass is 9.79. The molecule has 0 bridgehead atoms. The average Bonchev–Trinajstić information content (AvgIpc) is 2.83. The number of nitrogens with one attached hydrogen (secondary N) is 1. The van der Waals surface area contributed by atoms with Crippen molar-refractivity contribution in [1.29, 1.82) is 0 Å². The third-order valence-corrected chi connectivity index (χ3v) is 6.26. The van der Waals surface area contributed by atoms with E-state index in [-0.39, 0.29) is 19.2 Å². The van der Waals surface area contributed by atoms with Crippen molar-refractivity contribution in [3.05, 3.63) is 59.1 Å². The molecule has 38 heavy (non-hydrogen) atoms. The van der Waals surface area contributed by atoms with Gasteiger partial charge in [0, 0.05) is 30.9 Å². The second-order valence-electron chi connectivity index (χ2n) is 10.7. The highest BCUT2D eigenvalue weighted by Gasteiger charge is 2.38. The standard InChI is InChI=1S/C30H42ClNO6/c1-6-37-27(34)30(5,15-18-36-17-8-16-33)21-26(32-28(35)38-29(2,3)4)19-22-11-13-23(14-12-22)24-9-7-10-25(31)20-24/h7,9-14,20,26,33H,6,8,15-19,21H2,1-5H3,(H,32,35)/t26-,30-/m1/s1. The van der Waals surface area contributed by atoms with Gasteiger partial charge < -0.3 is 24.6 Å². The number of ether oxygens (including phenoxy) is 3. The highest BCUT2D eigenvalue weighted by atomic mass is 35.5. The normalized spacial score (nSPS) is 13.9. The monoisotopic (exact) mass is 547 g/mol. The molecular weight excluding hydrogens is 506 g/mol. The molecule has 0 saturated carbocycles. The molecule has 0 fully saturated rings. The number of esters is 1. The predicted octanol–water partition coefficient (Wildman–Crippen LogP) is 6.19. The van der Waals surface area contributed by atoms with Crippen LogP contribution in [0, 0.1) is 5.41 Å². The summed E-state index contributed by atoms with van der Waals surface area (Å²) in [6.07, 6.45) is 1.24. The highest BCUT2D eigenvalue weighted by molar-refractivity contribution is 6.30. The van der Waals surface area contributed by atoms with Gasteiger partial charge in [0.15, 0.2) is 0 Å². The number of alkyl carbamates (subject to hydrolysis) is 1. The molecule has 210 valence electrons. The van der Waals surface area contributed by atoms with E-state index in [9.17, 15) is 9.59 Å². The number of carbonyl (C=O) groups excluding carboxylic acids is 2. The van der Waals surface area contributed by atoms with Crippen LogP contribution >= 0.6 is 11.6 Å². The molecule has 2 aromatic carbocycles. The Labute approximate surface area is 231 Å². The van der Waals surface area contributed by atoms with Crippen LogP contribution in [-0.2, 0) is 25.4 Å². The van der Waals surface area contributed by atoms with Crippen LogP contribution < -0.4 is 5.32 Å². The van der Waals surface area contributed by atoms with E-state index in [1.165, 1.54) is 0 Å². The van der Waals surface area contributed by atoms with Gasteiger partial charge in [-0.05, 0) is 89.1 Å². The molecule has 0 spiro atoms. The van der Waals surface area contributed by atoms with Gasteiger partial charge in [-0.2, -0.15) is 0 Å². The van der Waals surface area contributed by atoms with Crippen LogP contribution in [0.5, 0.6) is 0 Å². The third-order valence-electron chi connectivity index (χ3n) is 6.02. The molecule has 0 aromatic heterocycles. The van der Waals surface area contributed by atoms with Crippen LogP contribution in [0.2, 0.25) is 5.02 Å². The lowest BCUT2D eigenvalue weighted by Crippen LogP contribution is -2.45. The fourth-order valence-corrected chi connectivity index (χ4v) is 4.33. The number of rotatable bonds is 14. The maximum Gasteiger partial charge on any atom is 0.407 e. The molecule has 0 saturated heterocycles. The Morgan fingerprint density at radius 1 is 1.03 bits per heavy atom. The van der Waals surface area contributed by atoms with Gasteiger partial charge in [0.25, 0.3) is 0 Å². The molecule has 7 nitrogen and oxygen atoms in total. The largest absolute Gasteiger partial charge is 0.466 e. The van der Waals surface area contributed by atoms with E-state index >= 15 is 0 Å². The first-order chi connectivity index (χ1) is 18.0. The van der Waals surface area contributed by atoms with Crippen LogP contribution in [0.1, 0.15) is 59.4 Å². The molecule has 0 radical (unpaired) electrons. The molecule has 0 heterocycles. The lowest BCUT2D eigenvalue weighted by molar-refractivity contribution is -0.156. The van der Waals surface area contributed by atoms with E-state index in [1.807, 2.05) is 76.2 Å². The fraction of sp³-hybridized carbons (Fsp3) is 0.533. The van der Waals surface area contributed by atoms with Crippen molar-refractivity contribution in [2.24, 2.45) is 5.41 Å². The molecule has 2 N–H and O–H groups in total. The first kappa shape index (κ1) is 31.6. The summed E-state index contributed by atoms with van der Waals surface area (Å²) in [5.74, 6) is -0.335. The van der Waals surface area contributed by atoms with E-state index in [0.29, 0.717) is 43.9 Å². The molecule has 1 amide bonds. The summed E-state index contributed by atoms with van der Waals surface area (Å²) in [6, 6.07) is 15.3. The minimum atomic E-state index is -0.893. The van der Waals surface area contributed by atoms with Gasteiger partial charge in [0.1, 0.15) is 5.60 Å². The second kappa shape index (κ2) is 15.1. The van der Waals surface area contributed by atoms with Crippen molar-refractivity contribution < 1.29 is 28.9 Å². The third kappa shape index (κ3) is 11.0. The molecular formula is C30H42ClNO6. The van der Waals surface area contributed by atoms with Gasteiger partial charge in [-0.15, -0.1) is 0 Å². The summed E-state index contributed by atoms with van der Waals surface area (Å²) in [7, 11) is 0. The first-order valence-corrected chi connectivity index (χ1v) is 13.5. The molecule has 2 rings (SSSR count). The van der Waals surface area contributed by atoms with Gasteiger partial charge in [-0.25, -0.2) is 4.79 Å². The summed E-state index contributed by atoms with van der Waals surface area (Å²) in [4.78, 5) is 25.8. The number of hydrogen-bond acceptors (Lipinski definition) is 6. The van der Waals surface area contributed by atoms with Crippen molar-refractivity contribution >= 4 is 23.7 Å². The summed E-state index contributed by atoms with van der Waals surface area (Å²) in [5, 5.41) is 12.6. The Kier molecular flexibility index (Phi) is 12.6. The predicted molar refractivity (Wildman–Crippen MR) is 150 cm³/mol. The van der Waals surface area contributed by atoms with Crippen molar-refractivity contribution in [3.63, 3.8) is 0 Å². The number of carbonyl (C=O) groups is 2. The van der Waals surface area contributed by atoms with Gasteiger partial charge in [-0.1, -0.05) is 48.0 Å². The first-order valence-electron chi connectivity index (χ1n) is 13.2. The van der Waals surface area contributed by atoms with Crippen molar-refractivity contribution in [2.45, 2.75) is 71.9 Å². The SMILES string of the molecule is CCOC(=O)[C@](C)(CCOCCCO)C[C@@H](Cc1ccc(-c2cccc(Cl)c2)cc1)NC(=O)OC(C)(C)C. The Hall–Kier alpha value is -2.61. The molecule has 2 atom stereocenters.